The van der Waals surface area contributed by atoms with Crippen molar-refractivity contribution < 1.29 is 0 Å². The molecule has 4 heteroatoms. The van der Waals surface area contributed by atoms with Crippen molar-refractivity contribution >= 4 is 0 Å². The van der Waals surface area contributed by atoms with Gasteiger partial charge < -0.3 is 5.32 Å². The van der Waals surface area contributed by atoms with Gasteiger partial charge in [-0.2, -0.15) is 5.10 Å². The number of rotatable bonds is 5. The lowest BCUT2D eigenvalue weighted by Gasteiger charge is -2.14. The normalized spacial score (nSPS) is 12.6. The summed E-state index contributed by atoms with van der Waals surface area (Å²) < 4.78 is 0. The van der Waals surface area contributed by atoms with Gasteiger partial charge in [-0.05, 0) is 18.5 Å². The molecule has 0 amide bonds. The lowest BCUT2D eigenvalue weighted by molar-refractivity contribution is 0.523. The van der Waals surface area contributed by atoms with Crippen LogP contribution in [-0.2, 0) is 6.42 Å². The first kappa shape index (κ1) is 10.8. The van der Waals surface area contributed by atoms with E-state index in [-0.39, 0.29) is 6.04 Å². The smallest absolute Gasteiger partial charge is 0.141 e. The van der Waals surface area contributed by atoms with Crippen LogP contribution in [0.4, 0.5) is 0 Å². The van der Waals surface area contributed by atoms with Crippen LogP contribution in [0.1, 0.15) is 24.4 Å². The van der Waals surface area contributed by atoms with Crippen molar-refractivity contribution in [1.82, 2.24) is 20.5 Å². The summed E-state index contributed by atoms with van der Waals surface area (Å²) in [7, 11) is 0. The summed E-state index contributed by atoms with van der Waals surface area (Å²) in [6, 6.07) is 10.6. The number of nitrogens with one attached hydrogen (secondary N) is 2. The second-order valence-electron chi connectivity index (χ2n) is 3.67. The van der Waals surface area contributed by atoms with Crippen LogP contribution >= 0.6 is 0 Å². The van der Waals surface area contributed by atoms with Gasteiger partial charge in [-0.15, -0.1) is 0 Å². The standard InChI is InChI=1S/C12H16N4/c1-2-13-11(12-14-9-15-16-12)8-10-6-4-3-5-7-10/h3-7,9,11,13H,2,8H2,1H3,(H,14,15,16). The predicted molar refractivity (Wildman–Crippen MR) is 62.9 cm³/mol. The molecule has 1 heterocycles. The number of nitrogens with zero attached hydrogens (tertiary/aromatic N) is 2. The van der Waals surface area contributed by atoms with Crippen LogP contribution in [0.2, 0.25) is 0 Å². The van der Waals surface area contributed by atoms with E-state index in [2.05, 4.69) is 51.7 Å². The molecule has 0 bridgehead atoms. The zero-order valence-electron chi connectivity index (χ0n) is 9.35. The molecule has 1 atom stereocenters. The Morgan fingerprint density at radius 1 is 1.31 bits per heavy atom. The maximum absolute atomic E-state index is 4.20. The number of H-pyrrole nitrogens is 1. The van der Waals surface area contributed by atoms with Crippen LogP contribution in [0.3, 0.4) is 0 Å². The number of aromatic amines is 1. The summed E-state index contributed by atoms with van der Waals surface area (Å²) in [6.07, 6.45) is 2.47. The Kier molecular flexibility index (Phi) is 3.66. The number of likely N-dealkylation sites (N-methyl/N-ethyl adjacent to an activating group) is 1. The molecule has 1 unspecified atom stereocenters. The fraction of sp³-hybridized carbons (Fsp3) is 0.333. The number of aromatic nitrogens is 3. The van der Waals surface area contributed by atoms with E-state index in [0.717, 1.165) is 18.8 Å². The van der Waals surface area contributed by atoms with Gasteiger partial charge in [0.25, 0.3) is 0 Å². The summed E-state index contributed by atoms with van der Waals surface area (Å²) in [5.74, 6) is 0.894. The summed E-state index contributed by atoms with van der Waals surface area (Å²) in [5, 5.41) is 10.2. The molecule has 84 valence electrons. The summed E-state index contributed by atoms with van der Waals surface area (Å²) >= 11 is 0. The summed E-state index contributed by atoms with van der Waals surface area (Å²) in [6.45, 7) is 3.01. The number of hydrogen-bond acceptors (Lipinski definition) is 3. The molecule has 0 saturated heterocycles. The molecular formula is C12H16N4. The largest absolute Gasteiger partial charge is 0.307 e. The van der Waals surface area contributed by atoms with Crippen molar-refractivity contribution in [3.05, 3.63) is 48.0 Å². The van der Waals surface area contributed by atoms with E-state index in [0.29, 0.717) is 0 Å². The second kappa shape index (κ2) is 5.42. The molecule has 0 saturated carbocycles. The molecule has 0 fully saturated rings. The SMILES string of the molecule is CCNC(Cc1ccccc1)c1ncn[nH]1. The number of benzene rings is 1. The van der Waals surface area contributed by atoms with Crippen molar-refractivity contribution in [3.8, 4) is 0 Å². The van der Waals surface area contributed by atoms with Gasteiger partial charge in [0, 0.05) is 0 Å². The zero-order valence-corrected chi connectivity index (χ0v) is 9.35. The Morgan fingerprint density at radius 2 is 2.12 bits per heavy atom. The second-order valence-corrected chi connectivity index (χ2v) is 3.67. The van der Waals surface area contributed by atoms with Crippen molar-refractivity contribution in [2.75, 3.05) is 6.54 Å². The molecule has 1 aromatic heterocycles. The third kappa shape index (κ3) is 2.67. The first-order valence-electron chi connectivity index (χ1n) is 5.52. The maximum Gasteiger partial charge on any atom is 0.141 e. The first-order chi connectivity index (χ1) is 7.90. The van der Waals surface area contributed by atoms with Gasteiger partial charge in [0.05, 0.1) is 6.04 Å². The zero-order chi connectivity index (χ0) is 11.2. The minimum atomic E-state index is 0.204. The van der Waals surface area contributed by atoms with Crippen LogP contribution < -0.4 is 5.32 Å². The highest BCUT2D eigenvalue weighted by Crippen LogP contribution is 2.13. The van der Waals surface area contributed by atoms with Crippen LogP contribution in [-0.4, -0.2) is 21.7 Å². The Hall–Kier alpha value is -1.68. The molecule has 1 aromatic carbocycles. The molecule has 0 aliphatic carbocycles. The Labute approximate surface area is 95.1 Å². The van der Waals surface area contributed by atoms with E-state index in [1.54, 1.807) is 6.33 Å². The molecule has 0 aliphatic rings. The third-order valence-electron chi connectivity index (χ3n) is 2.50. The topological polar surface area (TPSA) is 53.6 Å². The van der Waals surface area contributed by atoms with Crippen LogP contribution in [0.15, 0.2) is 36.7 Å². The first-order valence-corrected chi connectivity index (χ1v) is 5.52. The fourth-order valence-electron chi connectivity index (χ4n) is 1.74. The van der Waals surface area contributed by atoms with E-state index in [9.17, 15) is 0 Å². The minimum Gasteiger partial charge on any atom is -0.307 e. The molecule has 0 aliphatic heterocycles. The molecule has 0 spiro atoms. The Balaban J connectivity index is 2.09. The van der Waals surface area contributed by atoms with E-state index in [1.807, 2.05) is 6.07 Å². The van der Waals surface area contributed by atoms with Crippen LogP contribution in [0.25, 0.3) is 0 Å². The van der Waals surface area contributed by atoms with E-state index in [1.165, 1.54) is 5.56 Å². The quantitative estimate of drug-likeness (QED) is 0.799. The van der Waals surface area contributed by atoms with Crippen LogP contribution in [0.5, 0.6) is 0 Å². The van der Waals surface area contributed by atoms with Crippen molar-refractivity contribution in [2.45, 2.75) is 19.4 Å². The predicted octanol–water partition coefficient (Wildman–Crippen LogP) is 1.70. The maximum atomic E-state index is 4.20. The van der Waals surface area contributed by atoms with Gasteiger partial charge in [0.2, 0.25) is 0 Å². The highest BCUT2D eigenvalue weighted by atomic mass is 15.2. The highest BCUT2D eigenvalue weighted by Gasteiger charge is 2.13. The van der Waals surface area contributed by atoms with E-state index < -0.39 is 0 Å². The lowest BCUT2D eigenvalue weighted by atomic mass is 10.1. The van der Waals surface area contributed by atoms with Gasteiger partial charge in [0.1, 0.15) is 12.2 Å². The average molecular weight is 216 g/mol. The van der Waals surface area contributed by atoms with Gasteiger partial charge in [-0.1, -0.05) is 37.3 Å². The fourth-order valence-corrected chi connectivity index (χ4v) is 1.74. The van der Waals surface area contributed by atoms with Crippen molar-refractivity contribution in [3.63, 3.8) is 0 Å². The summed E-state index contributed by atoms with van der Waals surface area (Å²) in [4.78, 5) is 4.20. The van der Waals surface area contributed by atoms with Gasteiger partial charge in [-0.25, -0.2) is 4.98 Å². The molecule has 2 rings (SSSR count). The molecule has 4 nitrogen and oxygen atoms in total. The van der Waals surface area contributed by atoms with Gasteiger partial charge >= 0.3 is 0 Å². The third-order valence-corrected chi connectivity index (χ3v) is 2.50. The van der Waals surface area contributed by atoms with E-state index in [4.69, 9.17) is 0 Å². The minimum absolute atomic E-state index is 0.204. The Morgan fingerprint density at radius 3 is 2.75 bits per heavy atom. The molecular weight excluding hydrogens is 200 g/mol. The Bertz CT molecular complexity index is 396. The number of hydrogen-bond donors (Lipinski definition) is 2. The molecule has 2 aromatic rings. The van der Waals surface area contributed by atoms with Crippen molar-refractivity contribution in [2.24, 2.45) is 0 Å². The average Bonchev–Trinajstić information content (AvgIpc) is 2.83. The van der Waals surface area contributed by atoms with Crippen molar-refractivity contribution in [1.29, 1.82) is 0 Å². The molecule has 2 N–H and O–H groups in total. The highest BCUT2D eigenvalue weighted by molar-refractivity contribution is 5.17. The lowest BCUT2D eigenvalue weighted by Crippen LogP contribution is -2.24. The monoisotopic (exact) mass is 216 g/mol. The molecule has 0 radical (unpaired) electrons. The summed E-state index contributed by atoms with van der Waals surface area (Å²) in [5.41, 5.74) is 1.30. The molecule has 16 heavy (non-hydrogen) atoms. The van der Waals surface area contributed by atoms with E-state index >= 15 is 0 Å². The van der Waals surface area contributed by atoms with Gasteiger partial charge in [0.15, 0.2) is 0 Å². The van der Waals surface area contributed by atoms with Crippen LogP contribution in [0, 0.1) is 0 Å². The van der Waals surface area contributed by atoms with Gasteiger partial charge in [-0.3, -0.25) is 5.10 Å².